The molecule has 0 amide bonds. The van der Waals surface area contributed by atoms with Crippen LogP contribution in [0, 0.1) is 0 Å². The molecule has 19 heavy (non-hydrogen) atoms. The fourth-order valence-corrected chi connectivity index (χ4v) is 2.71. The molecule has 0 unspecified atom stereocenters. The van der Waals surface area contributed by atoms with Crippen molar-refractivity contribution in [2.24, 2.45) is 0 Å². The number of hydrogen-bond acceptors (Lipinski definition) is 4. The molecule has 0 saturated carbocycles. The maximum Gasteiger partial charge on any atom is 0.607 e. The van der Waals surface area contributed by atoms with E-state index in [4.69, 9.17) is 9.31 Å². The molecule has 2 heterocycles. The average molecular weight is 259 g/mol. The maximum atomic E-state index is 11.5. The van der Waals surface area contributed by atoms with Crippen molar-refractivity contribution >= 4 is 24.7 Å². The van der Waals surface area contributed by atoms with Gasteiger partial charge in [-0.1, -0.05) is 42.4 Å². The molecule has 0 aromatic heterocycles. The van der Waals surface area contributed by atoms with E-state index in [1.165, 1.54) is 0 Å². The monoisotopic (exact) mass is 259 g/mol. The largest absolute Gasteiger partial charge is 0.607 e. The second kappa shape index (κ2) is 3.96. The lowest BCUT2D eigenvalue weighted by molar-refractivity contribution is -0.791. The molecule has 0 aliphatic carbocycles. The number of hydrogen-bond donors (Lipinski definition) is 0. The van der Waals surface area contributed by atoms with E-state index in [1.807, 2.05) is 43.5 Å². The molecule has 1 aromatic carbocycles. The quantitative estimate of drug-likeness (QED) is 0.735. The van der Waals surface area contributed by atoms with Gasteiger partial charge in [-0.25, -0.2) is 0 Å². The van der Waals surface area contributed by atoms with Gasteiger partial charge in [-0.15, -0.1) is 0 Å². The van der Waals surface area contributed by atoms with Crippen LogP contribution in [0.5, 0.6) is 0 Å². The number of likely N-dealkylation sites (N-methyl/N-ethyl adjacent to an activating group) is 1. The molecule has 2 fully saturated rings. The second-order valence-electron chi connectivity index (χ2n) is 5.27. The van der Waals surface area contributed by atoms with Crippen molar-refractivity contribution in [1.82, 2.24) is 0 Å². The summed E-state index contributed by atoms with van der Waals surface area (Å²) in [5.74, 6) is 1.06. The van der Waals surface area contributed by atoms with Crippen LogP contribution in [0.25, 0.3) is 6.08 Å². The Labute approximate surface area is 111 Å². The van der Waals surface area contributed by atoms with Crippen molar-refractivity contribution in [2.45, 2.75) is 0 Å². The third kappa shape index (κ3) is 1.84. The number of carbonyl (C=O) groups excluding carboxylic acids is 2. The van der Waals surface area contributed by atoms with Crippen LogP contribution in [0.1, 0.15) is 5.56 Å². The molecule has 2 saturated heterocycles. The van der Waals surface area contributed by atoms with Crippen molar-refractivity contribution in [1.29, 1.82) is 0 Å². The van der Waals surface area contributed by atoms with Gasteiger partial charge in [0.1, 0.15) is 13.1 Å². The van der Waals surface area contributed by atoms with Crippen molar-refractivity contribution in [3.63, 3.8) is 0 Å². The number of carbonyl (C=O) groups is 2. The van der Waals surface area contributed by atoms with E-state index >= 15 is 0 Å². The highest BCUT2D eigenvalue weighted by Gasteiger charge is 2.63. The van der Waals surface area contributed by atoms with Gasteiger partial charge in [-0.3, -0.25) is 9.59 Å². The Morgan fingerprint density at radius 1 is 1.11 bits per heavy atom. The van der Waals surface area contributed by atoms with E-state index in [2.05, 4.69) is 0 Å². The molecule has 0 radical (unpaired) electrons. The van der Waals surface area contributed by atoms with Gasteiger partial charge in [0, 0.05) is 7.05 Å². The van der Waals surface area contributed by atoms with Crippen molar-refractivity contribution in [3.8, 4) is 0 Å². The van der Waals surface area contributed by atoms with E-state index in [0.717, 1.165) is 5.56 Å². The molecule has 1 aromatic rings. The van der Waals surface area contributed by atoms with Crippen LogP contribution in [0.3, 0.4) is 0 Å². The van der Waals surface area contributed by atoms with Gasteiger partial charge in [0.2, 0.25) is 0 Å². The van der Waals surface area contributed by atoms with Gasteiger partial charge in [0.05, 0.1) is 0 Å². The fraction of sp³-hybridized carbons (Fsp3) is 0.231. The number of fused-ring (bicyclic) bond motifs is 1. The maximum absolute atomic E-state index is 11.5. The van der Waals surface area contributed by atoms with Crippen LogP contribution in [0.15, 0.2) is 36.3 Å². The van der Waals surface area contributed by atoms with E-state index in [1.54, 1.807) is 5.98 Å². The predicted molar refractivity (Wildman–Crippen MR) is 69.3 cm³/mol. The molecule has 0 N–H and O–H groups in total. The topological polar surface area (TPSA) is 52.6 Å². The summed E-state index contributed by atoms with van der Waals surface area (Å²) in [4.78, 5) is 23.1. The molecule has 2 aliphatic heterocycles. The van der Waals surface area contributed by atoms with Crippen LogP contribution < -0.4 is 0 Å². The lowest BCUT2D eigenvalue weighted by atomic mass is 9.68. The van der Waals surface area contributed by atoms with Crippen LogP contribution in [0.4, 0.5) is 0 Å². The molecular weight excluding hydrogens is 245 g/mol. The third-order valence-electron chi connectivity index (χ3n) is 3.78. The molecule has 2 aliphatic rings. The van der Waals surface area contributed by atoms with E-state index in [0.29, 0.717) is 0 Å². The molecule has 6 heteroatoms. The first-order chi connectivity index (χ1) is 9.03. The summed E-state index contributed by atoms with van der Waals surface area (Å²) in [5.41, 5.74) is 0.969. The van der Waals surface area contributed by atoms with E-state index in [9.17, 15) is 9.59 Å². The highest BCUT2D eigenvalue weighted by Crippen LogP contribution is 2.34. The zero-order valence-electron chi connectivity index (χ0n) is 10.6. The van der Waals surface area contributed by atoms with Crippen LogP contribution in [0.2, 0.25) is 0 Å². The van der Waals surface area contributed by atoms with Gasteiger partial charge in [0.15, 0.2) is 0 Å². The Balaban J connectivity index is 1.95. The minimum Gasteiger partial charge on any atom is -0.596 e. The first-order valence-corrected chi connectivity index (χ1v) is 6.20. The Bertz CT molecular complexity index is 549. The van der Waals surface area contributed by atoms with E-state index < -0.39 is 6.69 Å². The second-order valence-corrected chi connectivity index (χ2v) is 5.27. The van der Waals surface area contributed by atoms with Gasteiger partial charge >= 0.3 is 18.6 Å². The molecule has 0 atom stereocenters. The minimum absolute atomic E-state index is 0.171. The number of benzene rings is 1. The Kier molecular flexibility index (Phi) is 2.50. The van der Waals surface area contributed by atoms with Gasteiger partial charge in [0.25, 0.3) is 0 Å². The zero-order valence-corrected chi connectivity index (χ0v) is 10.6. The SMILES string of the molecule is C[N+]12CC(=O)O[B-]1(/C=C/c1ccccc1)OC(=O)C2. The number of rotatable bonds is 2. The Hall–Kier alpha value is -2.08. The first kappa shape index (κ1) is 12.0. The smallest absolute Gasteiger partial charge is 0.596 e. The lowest BCUT2D eigenvalue weighted by Gasteiger charge is -2.37. The molecular formula is C13H14BNO4. The van der Waals surface area contributed by atoms with E-state index in [-0.39, 0.29) is 29.4 Å². The molecule has 3 rings (SSSR count). The molecule has 98 valence electrons. The van der Waals surface area contributed by atoms with Gasteiger partial charge < -0.3 is 13.7 Å². The Morgan fingerprint density at radius 3 is 2.26 bits per heavy atom. The average Bonchev–Trinajstić information content (AvgIpc) is 2.72. The highest BCUT2D eigenvalue weighted by atomic mass is 16.7. The van der Waals surface area contributed by atoms with Crippen LogP contribution in [-0.4, -0.2) is 43.2 Å². The summed E-state index contributed by atoms with van der Waals surface area (Å²) < 4.78 is 10.8. The standard InChI is InChI=1S/C13H14BNO4/c1-15-9-12(16)18-14(15,19-13(17)10-15)8-7-11-5-3-2-4-6-11/h2-8H,9-10H2,1H3/b8-7+. The summed E-state index contributed by atoms with van der Waals surface area (Å²) >= 11 is 0. The highest BCUT2D eigenvalue weighted by molar-refractivity contribution is 6.71. The summed E-state index contributed by atoms with van der Waals surface area (Å²) in [6.07, 6.45) is 1.83. The van der Waals surface area contributed by atoms with Crippen LogP contribution >= 0.6 is 0 Å². The first-order valence-electron chi connectivity index (χ1n) is 6.20. The number of nitrogens with zero attached hydrogens (tertiary/aromatic N) is 1. The summed E-state index contributed by atoms with van der Waals surface area (Å²) in [6, 6.07) is 9.62. The minimum atomic E-state index is -2.05. The summed E-state index contributed by atoms with van der Waals surface area (Å²) in [6.45, 7) is -1.71. The number of quaternary nitrogens is 1. The molecule has 0 spiro atoms. The van der Waals surface area contributed by atoms with Crippen molar-refractivity contribution < 1.29 is 23.3 Å². The van der Waals surface area contributed by atoms with Gasteiger partial charge in [-0.05, 0) is 5.56 Å². The van der Waals surface area contributed by atoms with Crippen molar-refractivity contribution in [3.05, 3.63) is 41.9 Å². The molecule has 5 nitrogen and oxygen atoms in total. The van der Waals surface area contributed by atoms with Gasteiger partial charge in [-0.2, -0.15) is 0 Å². The zero-order chi connectivity index (χ0) is 13.5. The fourth-order valence-electron chi connectivity index (χ4n) is 2.71. The Morgan fingerprint density at radius 2 is 1.68 bits per heavy atom. The van der Waals surface area contributed by atoms with Crippen LogP contribution in [-0.2, 0) is 18.9 Å². The normalized spacial score (nSPS) is 33.3. The summed E-state index contributed by atoms with van der Waals surface area (Å²) in [7, 11) is 1.81. The predicted octanol–water partition coefficient (Wildman–Crippen LogP) is 0.738. The third-order valence-corrected chi connectivity index (χ3v) is 3.78. The molecule has 0 bridgehead atoms. The van der Waals surface area contributed by atoms with Crippen molar-refractivity contribution in [2.75, 3.05) is 20.1 Å². The lowest BCUT2D eigenvalue weighted by Crippen LogP contribution is -2.58. The summed E-state index contributed by atoms with van der Waals surface area (Å²) in [5, 5.41) is 0.